The number of nitrogens with zero attached hydrogens (tertiary/aromatic N) is 3. The minimum Gasteiger partial charge on any atom is -0.479 e. The fourth-order valence-corrected chi connectivity index (χ4v) is 5.72. The quantitative estimate of drug-likeness (QED) is 0.456. The van der Waals surface area contributed by atoms with Crippen LogP contribution in [0.2, 0.25) is 10.0 Å². The Hall–Kier alpha value is -2.53. The summed E-state index contributed by atoms with van der Waals surface area (Å²) in [6.07, 6.45) is 0.808. The van der Waals surface area contributed by atoms with Gasteiger partial charge < -0.3 is 14.5 Å². The Bertz CT molecular complexity index is 1270. The number of thiazole rings is 1. The van der Waals surface area contributed by atoms with E-state index in [1.165, 1.54) is 17.5 Å². The Morgan fingerprint density at radius 1 is 1.18 bits per heavy atom. The number of benzene rings is 2. The van der Waals surface area contributed by atoms with Crippen LogP contribution in [0.1, 0.15) is 9.78 Å². The summed E-state index contributed by atoms with van der Waals surface area (Å²) < 4.78 is 33.6. The molecule has 3 aromatic rings. The summed E-state index contributed by atoms with van der Waals surface area (Å²) in [7, 11) is -3.75. The maximum atomic E-state index is 12.9. The van der Waals surface area contributed by atoms with Gasteiger partial charge in [-0.15, -0.1) is 11.3 Å². The van der Waals surface area contributed by atoms with E-state index < -0.39 is 16.1 Å². The summed E-state index contributed by atoms with van der Waals surface area (Å²) in [6, 6.07) is 11.7. The highest BCUT2D eigenvalue weighted by Gasteiger charge is 2.27. The molecule has 1 fully saturated rings. The van der Waals surface area contributed by atoms with E-state index in [1.807, 2.05) is 11.0 Å². The average molecular weight is 546 g/mol. The molecule has 8 nitrogen and oxygen atoms in total. The van der Waals surface area contributed by atoms with Gasteiger partial charge in [0.15, 0.2) is 11.2 Å². The summed E-state index contributed by atoms with van der Waals surface area (Å²) in [6.45, 7) is 3.74. The number of carbonyl (C=O) groups excluding carboxylic acids is 1. The molecular formula is C22H26Cl2N4O4S2. The monoisotopic (exact) mass is 544 g/mol. The molecule has 2 heterocycles. The second-order valence-corrected chi connectivity index (χ2v) is 10.9. The van der Waals surface area contributed by atoms with Crippen LogP contribution >= 0.6 is 34.5 Å². The summed E-state index contributed by atoms with van der Waals surface area (Å²) in [5.41, 5.74) is 0.768. The van der Waals surface area contributed by atoms with Gasteiger partial charge in [0.2, 0.25) is 0 Å². The van der Waals surface area contributed by atoms with Crippen LogP contribution in [0, 0.1) is 0 Å². The zero-order valence-electron chi connectivity index (χ0n) is 18.1. The number of aromatic nitrogens is 1. The Labute approximate surface area is 215 Å². The first-order chi connectivity index (χ1) is 16.2. The maximum Gasteiger partial charge on any atom is 0.263 e. The van der Waals surface area contributed by atoms with Crippen LogP contribution in [0.3, 0.4) is 0 Å². The van der Waals surface area contributed by atoms with Gasteiger partial charge in [0.1, 0.15) is 10.8 Å². The zero-order chi connectivity index (χ0) is 24.3. The van der Waals surface area contributed by atoms with Crippen molar-refractivity contribution in [1.29, 1.82) is 0 Å². The van der Waals surface area contributed by atoms with Crippen molar-refractivity contribution in [2.75, 3.05) is 35.8 Å². The fourth-order valence-electron chi connectivity index (χ4n) is 3.55. The van der Waals surface area contributed by atoms with Crippen LogP contribution in [0.15, 0.2) is 58.9 Å². The number of anilines is 2. The first kappa shape index (κ1) is 24.6. The van der Waals surface area contributed by atoms with E-state index in [4.69, 9.17) is 27.9 Å². The number of piperazine rings is 1. The number of hydrogen-bond donors (Lipinski definition) is 1. The van der Waals surface area contributed by atoms with E-state index in [-0.39, 0.29) is 18.7 Å². The molecule has 0 spiro atoms. The molecule has 0 aliphatic carbocycles. The maximum absolute atomic E-state index is 12.9. The van der Waals surface area contributed by atoms with Crippen molar-refractivity contribution in [2.45, 2.75) is 17.9 Å². The van der Waals surface area contributed by atoms with Crippen LogP contribution < -0.4 is 14.4 Å². The molecule has 0 saturated carbocycles. The van der Waals surface area contributed by atoms with Gasteiger partial charge in [-0.3, -0.25) is 9.52 Å². The van der Waals surface area contributed by atoms with Gasteiger partial charge in [-0.25, -0.2) is 13.4 Å². The molecule has 0 unspecified atom stereocenters. The smallest absolute Gasteiger partial charge is 0.263 e. The van der Waals surface area contributed by atoms with Gasteiger partial charge >= 0.3 is 0 Å². The van der Waals surface area contributed by atoms with E-state index in [2.05, 4.69) is 9.71 Å². The van der Waals surface area contributed by atoms with Gasteiger partial charge in [-0.2, -0.15) is 0 Å². The number of carbonyl (C=O) groups is 1. The lowest BCUT2D eigenvalue weighted by atomic mass is 10.2. The summed E-state index contributed by atoms with van der Waals surface area (Å²) in [4.78, 5) is 20.8. The topological polar surface area (TPSA) is 91.8 Å². The van der Waals surface area contributed by atoms with E-state index >= 15 is 0 Å². The van der Waals surface area contributed by atoms with E-state index in [1.54, 1.807) is 53.6 Å². The highest BCUT2D eigenvalue weighted by molar-refractivity contribution is 7.93. The summed E-state index contributed by atoms with van der Waals surface area (Å²) in [5.74, 6) is 0.206. The number of ether oxygens (including phenoxy) is 1. The van der Waals surface area contributed by atoms with Crippen LogP contribution in [0.4, 0.5) is 10.8 Å². The van der Waals surface area contributed by atoms with Crippen LogP contribution in [-0.2, 0) is 14.8 Å². The minimum atomic E-state index is -3.75. The molecule has 1 aliphatic heterocycles. The van der Waals surface area contributed by atoms with Gasteiger partial charge in [0, 0.05) is 46.3 Å². The number of amides is 1. The van der Waals surface area contributed by atoms with Crippen LogP contribution in [0.5, 0.6) is 5.75 Å². The fraction of sp³-hybridized carbons (Fsp3) is 0.273. The second-order valence-electron chi connectivity index (χ2n) is 7.56. The molecule has 184 valence electrons. The molecule has 1 N–H and O–H groups in total. The van der Waals surface area contributed by atoms with Gasteiger partial charge in [0.05, 0.1) is 9.92 Å². The Balaban J connectivity index is 0.00000228. The number of sulfonamides is 1. The lowest BCUT2D eigenvalue weighted by Crippen LogP contribution is -2.52. The first-order valence-electron chi connectivity index (χ1n) is 10.4. The second kappa shape index (κ2) is 10.4. The predicted octanol–water partition coefficient (Wildman–Crippen LogP) is 4.86. The Morgan fingerprint density at radius 2 is 1.91 bits per heavy atom. The molecule has 34 heavy (non-hydrogen) atoms. The standard InChI is InChI=1S/C22H22Cl2N4O4S2.2H2/c1-15(32-19-7-3-6-18(23)20(19)24)21(29)28-11-9-27(10-12-28)16-4-2-5-17(14-16)34(30,31)26-22-25-8-13-33-22;;/h2-8,13-15H,9-12H2,1H3,(H,25,26);2*1H/t15-;;/m1../s1. The number of nitrogens with one attached hydrogen (secondary N) is 1. The normalized spacial score (nSPS) is 15.1. The Kier molecular flexibility index (Phi) is 7.51. The third kappa shape index (κ3) is 5.57. The predicted molar refractivity (Wildman–Crippen MR) is 139 cm³/mol. The molecule has 1 saturated heterocycles. The molecule has 0 radical (unpaired) electrons. The molecule has 1 aliphatic rings. The van der Waals surface area contributed by atoms with Gasteiger partial charge in [-0.1, -0.05) is 35.3 Å². The number of hydrogen-bond acceptors (Lipinski definition) is 7. The lowest BCUT2D eigenvalue weighted by molar-refractivity contribution is -0.138. The lowest BCUT2D eigenvalue weighted by Gasteiger charge is -2.37. The molecule has 1 aromatic heterocycles. The molecule has 12 heteroatoms. The largest absolute Gasteiger partial charge is 0.479 e. The molecule has 4 rings (SSSR count). The van der Waals surface area contributed by atoms with Crippen LogP contribution in [-0.4, -0.2) is 56.5 Å². The third-order valence-corrected chi connectivity index (χ3v) is 8.26. The molecule has 1 atom stereocenters. The SMILES string of the molecule is C[C@@H](Oc1cccc(Cl)c1Cl)C(=O)N1CCN(c2cccc(S(=O)(=O)Nc3nccs3)c2)CC1.[HH].[HH]. The minimum absolute atomic E-state index is 0. The van der Waals surface area contributed by atoms with Gasteiger partial charge in [-0.05, 0) is 37.3 Å². The van der Waals surface area contributed by atoms with Crippen molar-refractivity contribution in [1.82, 2.24) is 9.88 Å². The molecule has 0 bridgehead atoms. The highest BCUT2D eigenvalue weighted by Crippen LogP contribution is 2.32. The average Bonchev–Trinajstić information content (AvgIpc) is 3.34. The summed E-state index contributed by atoms with van der Waals surface area (Å²) in [5, 5.41) is 2.64. The van der Waals surface area contributed by atoms with Gasteiger partial charge in [0.25, 0.3) is 15.9 Å². The van der Waals surface area contributed by atoms with Crippen molar-refractivity contribution >= 4 is 61.3 Å². The summed E-state index contributed by atoms with van der Waals surface area (Å²) >= 11 is 13.4. The van der Waals surface area contributed by atoms with E-state index in [9.17, 15) is 13.2 Å². The molecular weight excluding hydrogens is 519 g/mol. The zero-order valence-corrected chi connectivity index (χ0v) is 21.3. The number of rotatable bonds is 7. The van der Waals surface area contributed by atoms with Crippen molar-refractivity contribution in [3.8, 4) is 5.75 Å². The van der Waals surface area contributed by atoms with Crippen molar-refractivity contribution in [2.24, 2.45) is 0 Å². The Morgan fingerprint density at radius 3 is 2.62 bits per heavy atom. The third-order valence-electron chi connectivity index (χ3n) is 5.31. The van der Waals surface area contributed by atoms with Crippen molar-refractivity contribution in [3.63, 3.8) is 0 Å². The van der Waals surface area contributed by atoms with E-state index in [0.29, 0.717) is 42.1 Å². The van der Waals surface area contributed by atoms with E-state index in [0.717, 1.165) is 5.69 Å². The van der Waals surface area contributed by atoms with Crippen molar-refractivity contribution in [3.05, 3.63) is 64.1 Å². The highest BCUT2D eigenvalue weighted by atomic mass is 35.5. The molecule has 2 aromatic carbocycles. The van der Waals surface area contributed by atoms with Crippen LogP contribution in [0.25, 0.3) is 0 Å². The van der Waals surface area contributed by atoms with Crippen molar-refractivity contribution < 1.29 is 20.8 Å². The molecule has 1 amide bonds. The number of halogens is 2. The first-order valence-corrected chi connectivity index (χ1v) is 13.5.